The van der Waals surface area contributed by atoms with Gasteiger partial charge in [0.1, 0.15) is 17.5 Å². The summed E-state index contributed by atoms with van der Waals surface area (Å²) in [4.78, 5) is 0. The van der Waals surface area contributed by atoms with E-state index in [2.05, 4.69) is 32.4 Å². The molecule has 0 atom stereocenters. The molecule has 2 aromatic rings. The van der Waals surface area contributed by atoms with Crippen molar-refractivity contribution in [2.45, 2.75) is 6.92 Å². The Labute approximate surface area is 108 Å². The maximum atomic E-state index is 9.09. The first kappa shape index (κ1) is 11.7. The quantitative estimate of drug-likeness (QED) is 0.925. The van der Waals surface area contributed by atoms with Crippen LogP contribution in [0, 0.1) is 18.3 Å². The Morgan fingerprint density at radius 1 is 1.47 bits per heavy atom. The fourth-order valence-corrected chi connectivity index (χ4v) is 2.04. The second-order valence-corrected chi connectivity index (χ2v) is 4.60. The van der Waals surface area contributed by atoms with Gasteiger partial charge in [0.2, 0.25) is 0 Å². The fourth-order valence-electron chi connectivity index (χ4n) is 1.64. The Balaban J connectivity index is 2.40. The van der Waals surface area contributed by atoms with Crippen LogP contribution < -0.4 is 5.32 Å². The Morgan fingerprint density at radius 2 is 2.24 bits per heavy atom. The number of hydrogen-bond acceptors (Lipinski definition) is 3. The maximum Gasteiger partial charge on any atom is 0.146 e. The summed E-state index contributed by atoms with van der Waals surface area (Å²) < 4.78 is 2.66. The van der Waals surface area contributed by atoms with Gasteiger partial charge in [0.25, 0.3) is 0 Å². The summed E-state index contributed by atoms with van der Waals surface area (Å²) in [7, 11) is 1.81. The molecular weight excluding hydrogens is 280 g/mol. The van der Waals surface area contributed by atoms with Gasteiger partial charge in [-0.1, -0.05) is 22.0 Å². The summed E-state index contributed by atoms with van der Waals surface area (Å²) in [6.07, 6.45) is 0. The van der Waals surface area contributed by atoms with Crippen LogP contribution in [-0.2, 0) is 7.05 Å². The van der Waals surface area contributed by atoms with Gasteiger partial charge in [-0.2, -0.15) is 10.4 Å². The Morgan fingerprint density at radius 3 is 2.88 bits per heavy atom. The van der Waals surface area contributed by atoms with E-state index in [9.17, 15) is 0 Å². The first-order valence-corrected chi connectivity index (χ1v) is 5.87. The molecule has 5 heteroatoms. The lowest BCUT2D eigenvalue weighted by Crippen LogP contribution is -2.00. The largest absolute Gasteiger partial charge is 0.339 e. The lowest BCUT2D eigenvalue weighted by Gasteiger charge is -2.07. The van der Waals surface area contributed by atoms with E-state index in [-0.39, 0.29) is 0 Å². The molecule has 0 bridgehead atoms. The van der Waals surface area contributed by atoms with Gasteiger partial charge >= 0.3 is 0 Å². The van der Waals surface area contributed by atoms with Gasteiger partial charge in [-0.15, -0.1) is 0 Å². The number of benzene rings is 1. The van der Waals surface area contributed by atoms with Gasteiger partial charge < -0.3 is 5.32 Å². The molecule has 1 heterocycles. The van der Waals surface area contributed by atoms with E-state index in [4.69, 9.17) is 5.26 Å². The van der Waals surface area contributed by atoms with E-state index in [0.29, 0.717) is 11.4 Å². The van der Waals surface area contributed by atoms with Gasteiger partial charge in [-0.05, 0) is 25.1 Å². The van der Waals surface area contributed by atoms with Crippen molar-refractivity contribution in [3.63, 3.8) is 0 Å². The van der Waals surface area contributed by atoms with Crippen molar-refractivity contribution in [2.24, 2.45) is 7.05 Å². The number of aryl methyl sites for hydroxylation is 2. The first-order valence-electron chi connectivity index (χ1n) is 5.08. The molecule has 2 rings (SSSR count). The molecule has 0 amide bonds. The smallest absolute Gasteiger partial charge is 0.146 e. The highest BCUT2D eigenvalue weighted by Gasteiger charge is 2.12. The third-order valence-corrected chi connectivity index (χ3v) is 2.91. The SMILES string of the molecule is Cc1nn(C)c(Nc2cccc(Br)c2)c1C#N. The predicted octanol–water partition coefficient (Wildman–Crippen LogP) is 3.11. The van der Waals surface area contributed by atoms with Gasteiger partial charge in [0.05, 0.1) is 5.69 Å². The molecule has 4 nitrogen and oxygen atoms in total. The van der Waals surface area contributed by atoms with Gasteiger partial charge in [-0.3, -0.25) is 4.68 Å². The fraction of sp³-hybridized carbons (Fsp3) is 0.167. The zero-order valence-electron chi connectivity index (χ0n) is 9.53. The predicted molar refractivity (Wildman–Crippen MR) is 70.1 cm³/mol. The van der Waals surface area contributed by atoms with Gasteiger partial charge in [0.15, 0.2) is 0 Å². The van der Waals surface area contributed by atoms with E-state index >= 15 is 0 Å². The Hall–Kier alpha value is -1.80. The minimum absolute atomic E-state index is 0.576. The average Bonchev–Trinajstić information content (AvgIpc) is 2.53. The summed E-state index contributed by atoms with van der Waals surface area (Å²) in [6, 6.07) is 9.93. The minimum atomic E-state index is 0.576. The maximum absolute atomic E-state index is 9.09. The van der Waals surface area contributed by atoms with Crippen molar-refractivity contribution in [1.29, 1.82) is 5.26 Å². The molecule has 0 fully saturated rings. The molecule has 17 heavy (non-hydrogen) atoms. The molecule has 0 spiro atoms. The molecule has 0 aliphatic heterocycles. The highest BCUT2D eigenvalue weighted by Crippen LogP contribution is 2.24. The van der Waals surface area contributed by atoms with Crippen LogP contribution in [0.5, 0.6) is 0 Å². The number of rotatable bonds is 2. The monoisotopic (exact) mass is 290 g/mol. The minimum Gasteiger partial charge on any atom is -0.339 e. The van der Waals surface area contributed by atoms with Crippen LogP contribution in [0.1, 0.15) is 11.3 Å². The first-order chi connectivity index (χ1) is 8.11. The Kier molecular flexibility index (Phi) is 3.16. The van der Waals surface area contributed by atoms with Gasteiger partial charge in [0, 0.05) is 17.2 Å². The second kappa shape index (κ2) is 4.60. The second-order valence-electron chi connectivity index (χ2n) is 3.68. The number of aromatic nitrogens is 2. The summed E-state index contributed by atoms with van der Waals surface area (Å²) in [5, 5.41) is 16.5. The van der Waals surface area contributed by atoms with Crippen molar-refractivity contribution < 1.29 is 0 Å². The highest BCUT2D eigenvalue weighted by molar-refractivity contribution is 9.10. The standard InChI is InChI=1S/C12H11BrN4/c1-8-11(7-14)12(17(2)16-8)15-10-5-3-4-9(13)6-10/h3-6,15H,1-2H3. The van der Waals surface area contributed by atoms with Crippen molar-refractivity contribution >= 4 is 27.4 Å². The third kappa shape index (κ3) is 2.32. The van der Waals surface area contributed by atoms with E-state index < -0.39 is 0 Å². The van der Waals surface area contributed by atoms with Crippen LogP contribution in [0.2, 0.25) is 0 Å². The lowest BCUT2D eigenvalue weighted by molar-refractivity contribution is 0.765. The van der Waals surface area contributed by atoms with Crippen LogP contribution in [0.4, 0.5) is 11.5 Å². The number of halogens is 1. The van der Waals surface area contributed by atoms with E-state index in [1.54, 1.807) is 4.68 Å². The van der Waals surface area contributed by atoms with Crippen molar-refractivity contribution in [3.8, 4) is 6.07 Å². The van der Waals surface area contributed by atoms with Crippen LogP contribution in [-0.4, -0.2) is 9.78 Å². The summed E-state index contributed by atoms with van der Waals surface area (Å²) in [5.74, 6) is 0.711. The van der Waals surface area contributed by atoms with Crippen molar-refractivity contribution in [2.75, 3.05) is 5.32 Å². The number of hydrogen-bond donors (Lipinski definition) is 1. The molecular formula is C12H11BrN4. The number of nitriles is 1. The number of nitrogens with zero attached hydrogens (tertiary/aromatic N) is 3. The molecule has 1 N–H and O–H groups in total. The molecule has 86 valence electrons. The summed E-state index contributed by atoms with van der Waals surface area (Å²) in [5.41, 5.74) is 2.22. The zero-order chi connectivity index (χ0) is 12.4. The van der Waals surface area contributed by atoms with Crippen LogP contribution in [0.25, 0.3) is 0 Å². The van der Waals surface area contributed by atoms with E-state index in [1.807, 2.05) is 38.2 Å². The summed E-state index contributed by atoms with van der Waals surface area (Å²) in [6.45, 7) is 1.82. The highest BCUT2D eigenvalue weighted by atomic mass is 79.9. The Bertz CT molecular complexity index is 595. The van der Waals surface area contributed by atoms with Crippen LogP contribution >= 0.6 is 15.9 Å². The van der Waals surface area contributed by atoms with Crippen LogP contribution in [0.3, 0.4) is 0 Å². The molecule has 0 saturated carbocycles. The van der Waals surface area contributed by atoms with Crippen LogP contribution in [0.15, 0.2) is 28.7 Å². The normalized spacial score (nSPS) is 10.0. The number of nitrogens with one attached hydrogen (secondary N) is 1. The average molecular weight is 291 g/mol. The van der Waals surface area contributed by atoms with E-state index in [0.717, 1.165) is 15.9 Å². The molecule has 1 aromatic carbocycles. The molecule has 0 saturated heterocycles. The molecule has 0 radical (unpaired) electrons. The molecule has 1 aromatic heterocycles. The summed E-state index contributed by atoms with van der Waals surface area (Å²) >= 11 is 3.41. The van der Waals surface area contributed by atoms with Crippen molar-refractivity contribution in [1.82, 2.24) is 9.78 Å². The molecule has 0 aliphatic rings. The topological polar surface area (TPSA) is 53.6 Å². The van der Waals surface area contributed by atoms with E-state index in [1.165, 1.54) is 0 Å². The molecule has 0 unspecified atom stereocenters. The van der Waals surface area contributed by atoms with Crippen molar-refractivity contribution in [3.05, 3.63) is 40.0 Å². The number of anilines is 2. The lowest BCUT2D eigenvalue weighted by atomic mass is 10.2. The molecule has 0 aliphatic carbocycles. The zero-order valence-corrected chi connectivity index (χ0v) is 11.1. The van der Waals surface area contributed by atoms with Gasteiger partial charge in [-0.25, -0.2) is 0 Å². The third-order valence-electron chi connectivity index (χ3n) is 2.42.